The molecule has 0 radical (unpaired) electrons. The van der Waals surface area contributed by atoms with Gasteiger partial charge in [-0.25, -0.2) is 0 Å². The van der Waals surface area contributed by atoms with Crippen molar-refractivity contribution in [2.24, 2.45) is 0 Å². The van der Waals surface area contributed by atoms with Crippen molar-refractivity contribution in [1.82, 2.24) is 15.8 Å². The number of carbonyl (C=O) groups is 2. The molecule has 0 fully saturated rings. The third-order valence-corrected chi connectivity index (χ3v) is 2.82. The number of hydrogen-bond donors (Lipinski definition) is 2. The van der Waals surface area contributed by atoms with Crippen LogP contribution in [0.4, 0.5) is 0 Å². The first-order chi connectivity index (χ1) is 10.2. The minimum Gasteiger partial charge on any atom is -0.356 e. The molecule has 6 nitrogen and oxygen atoms in total. The summed E-state index contributed by atoms with van der Waals surface area (Å²) in [6, 6.07) is 11.1. The molecule has 21 heavy (non-hydrogen) atoms. The molecule has 0 aliphatic rings. The van der Waals surface area contributed by atoms with E-state index >= 15 is 0 Å². The summed E-state index contributed by atoms with van der Waals surface area (Å²) < 4.78 is 5.04. The SMILES string of the molecule is CC(=O)NCCCNC(=O)c1cc(-c2ccccc2)no1. The predicted octanol–water partition coefficient (Wildman–Crippen LogP) is 1.60. The van der Waals surface area contributed by atoms with Crippen molar-refractivity contribution in [3.8, 4) is 11.3 Å². The number of carbonyl (C=O) groups excluding carboxylic acids is 2. The van der Waals surface area contributed by atoms with Gasteiger partial charge < -0.3 is 15.2 Å². The molecule has 0 saturated carbocycles. The van der Waals surface area contributed by atoms with Gasteiger partial charge in [0.25, 0.3) is 5.91 Å². The highest BCUT2D eigenvalue weighted by Gasteiger charge is 2.13. The number of amides is 2. The van der Waals surface area contributed by atoms with Gasteiger partial charge >= 0.3 is 0 Å². The van der Waals surface area contributed by atoms with Gasteiger partial charge in [-0.15, -0.1) is 0 Å². The Hall–Kier alpha value is -2.63. The van der Waals surface area contributed by atoms with Crippen LogP contribution in [0.3, 0.4) is 0 Å². The second-order valence-corrected chi connectivity index (χ2v) is 4.53. The third-order valence-electron chi connectivity index (χ3n) is 2.82. The van der Waals surface area contributed by atoms with E-state index < -0.39 is 0 Å². The molecule has 0 spiro atoms. The average molecular weight is 287 g/mol. The van der Waals surface area contributed by atoms with Gasteiger partial charge in [0, 0.05) is 31.6 Å². The molecule has 1 aromatic heterocycles. The van der Waals surface area contributed by atoms with Crippen LogP contribution in [0.5, 0.6) is 0 Å². The zero-order chi connectivity index (χ0) is 15.1. The first-order valence-corrected chi connectivity index (χ1v) is 6.71. The molecule has 2 rings (SSSR count). The zero-order valence-electron chi connectivity index (χ0n) is 11.8. The van der Waals surface area contributed by atoms with Crippen LogP contribution in [0.2, 0.25) is 0 Å². The van der Waals surface area contributed by atoms with Gasteiger partial charge in [0.1, 0.15) is 5.69 Å². The highest BCUT2D eigenvalue weighted by molar-refractivity contribution is 5.92. The second-order valence-electron chi connectivity index (χ2n) is 4.53. The van der Waals surface area contributed by atoms with Crippen LogP contribution in [0.1, 0.15) is 23.9 Å². The Bertz CT molecular complexity index is 608. The van der Waals surface area contributed by atoms with Crippen molar-refractivity contribution in [3.63, 3.8) is 0 Å². The minimum absolute atomic E-state index is 0.0796. The molecule has 0 aliphatic heterocycles. The molecule has 2 aromatic rings. The summed E-state index contributed by atoms with van der Waals surface area (Å²) in [6.45, 7) is 2.44. The van der Waals surface area contributed by atoms with Crippen LogP contribution in [0.15, 0.2) is 40.9 Å². The highest BCUT2D eigenvalue weighted by atomic mass is 16.5. The van der Waals surface area contributed by atoms with Gasteiger partial charge in [-0.05, 0) is 6.42 Å². The number of nitrogens with zero attached hydrogens (tertiary/aromatic N) is 1. The summed E-state index contributed by atoms with van der Waals surface area (Å²) >= 11 is 0. The van der Waals surface area contributed by atoms with Crippen molar-refractivity contribution >= 4 is 11.8 Å². The average Bonchev–Trinajstić information content (AvgIpc) is 2.97. The molecule has 0 bridgehead atoms. The zero-order valence-corrected chi connectivity index (χ0v) is 11.8. The first kappa shape index (κ1) is 14.8. The molecule has 2 amide bonds. The van der Waals surface area contributed by atoms with E-state index in [9.17, 15) is 9.59 Å². The highest BCUT2D eigenvalue weighted by Crippen LogP contribution is 2.18. The van der Waals surface area contributed by atoms with E-state index in [0.29, 0.717) is 25.2 Å². The summed E-state index contributed by atoms with van der Waals surface area (Å²) in [4.78, 5) is 22.5. The molecule has 1 heterocycles. The normalized spacial score (nSPS) is 10.1. The van der Waals surface area contributed by atoms with Gasteiger partial charge in [-0.2, -0.15) is 0 Å². The fourth-order valence-electron chi connectivity index (χ4n) is 1.77. The maximum absolute atomic E-state index is 11.9. The van der Waals surface area contributed by atoms with E-state index in [1.165, 1.54) is 6.92 Å². The van der Waals surface area contributed by atoms with Gasteiger partial charge in [0.15, 0.2) is 0 Å². The van der Waals surface area contributed by atoms with Crippen LogP contribution in [0, 0.1) is 0 Å². The fraction of sp³-hybridized carbons (Fsp3) is 0.267. The number of hydrogen-bond acceptors (Lipinski definition) is 4. The summed E-state index contributed by atoms with van der Waals surface area (Å²) in [6.07, 6.45) is 0.658. The number of aromatic nitrogens is 1. The van der Waals surface area contributed by atoms with Gasteiger partial charge in [0.2, 0.25) is 11.7 Å². The maximum Gasteiger partial charge on any atom is 0.289 e. The summed E-state index contributed by atoms with van der Waals surface area (Å²) in [7, 11) is 0. The first-order valence-electron chi connectivity index (χ1n) is 6.71. The Kier molecular flexibility index (Phi) is 5.09. The van der Waals surface area contributed by atoms with E-state index in [0.717, 1.165) is 5.56 Å². The van der Waals surface area contributed by atoms with Gasteiger partial charge in [-0.1, -0.05) is 35.5 Å². The molecule has 110 valence electrons. The number of benzene rings is 1. The Balaban J connectivity index is 1.84. The molecule has 1 aromatic carbocycles. The lowest BCUT2D eigenvalue weighted by Crippen LogP contribution is -2.28. The summed E-state index contributed by atoms with van der Waals surface area (Å²) in [5, 5.41) is 9.25. The summed E-state index contributed by atoms with van der Waals surface area (Å²) in [5.74, 6) is -0.218. The van der Waals surface area contributed by atoms with Crippen molar-refractivity contribution in [2.75, 3.05) is 13.1 Å². The molecule has 0 saturated heterocycles. The van der Waals surface area contributed by atoms with Crippen molar-refractivity contribution in [3.05, 3.63) is 42.2 Å². The van der Waals surface area contributed by atoms with Gasteiger partial charge in [-0.3, -0.25) is 9.59 Å². The number of rotatable bonds is 6. The van der Waals surface area contributed by atoms with Crippen LogP contribution in [-0.2, 0) is 4.79 Å². The van der Waals surface area contributed by atoms with Crippen LogP contribution in [-0.4, -0.2) is 30.1 Å². The Morgan fingerprint density at radius 2 is 1.86 bits per heavy atom. The monoisotopic (exact) mass is 287 g/mol. The van der Waals surface area contributed by atoms with Crippen LogP contribution < -0.4 is 10.6 Å². The Morgan fingerprint density at radius 3 is 2.57 bits per heavy atom. The lowest BCUT2D eigenvalue weighted by atomic mass is 10.1. The van der Waals surface area contributed by atoms with Crippen LogP contribution >= 0.6 is 0 Å². The van der Waals surface area contributed by atoms with E-state index in [1.54, 1.807) is 6.07 Å². The van der Waals surface area contributed by atoms with Crippen LogP contribution in [0.25, 0.3) is 11.3 Å². The molecular formula is C15H17N3O3. The smallest absolute Gasteiger partial charge is 0.289 e. The maximum atomic E-state index is 11.9. The molecule has 0 aliphatic carbocycles. The lowest BCUT2D eigenvalue weighted by molar-refractivity contribution is -0.118. The molecular weight excluding hydrogens is 270 g/mol. The molecule has 0 unspecified atom stereocenters. The molecule has 2 N–H and O–H groups in total. The van der Waals surface area contributed by atoms with Crippen molar-refractivity contribution in [1.29, 1.82) is 0 Å². The standard InChI is InChI=1S/C15H17N3O3/c1-11(19)16-8-5-9-17-15(20)14-10-13(18-21-14)12-6-3-2-4-7-12/h2-4,6-7,10H,5,8-9H2,1H3,(H,16,19)(H,17,20). The van der Waals surface area contributed by atoms with Crippen molar-refractivity contribution < 1.29 is 14.1 Å². The van der Waals surface area contributed by atoms with Gasteiger partial charge in [0.05, 0.1) is 0 Å². The molecule has 0 atom stereocenters. The second kappa shape index (κ2) is 7.23. The van der Waals surface area contributed by atoms with E-state index in [1.807, 2.05) is 30.3 Å². The van der Waals surface area contributed by atoms with Crippen molar-refractivity contribution in [2.45, 2.75) is 13.3 Å². The van der Waals surface area contributed by atoms with E-state index in [4.69, 9.17) is 4.52 Å². The predicted molar refractivity (Wildman–Crippen MR) is 77.6 cm³/mol. The van der Waals surface area contributed by atoms with E-state index in [-0.39, 0.29) is 17.6 Å². The largest absolute Gasteiger partial charge is 0.356 e. The minimum atomic E-state index is -0.312. The summed E-state index contributed by atoms with van der Waals surface area (Å²) in [5.41, 5.74) is 1.52. The fourth-order valence-corrected chi connectivity index (χ4v) is 1.77. The molecule has 6 heteroatoms. The third kappa shape index (κ3) is 4.45. The topological polar surface area (TPSA) is 84.2 Å². The van der Waals surface area contributed by atoms with E-state index in [2.05, 4.69) is 15.8 Å². The quantitative estimate of drug-likeness (QED) is 0.790. The number of nitrogens with one attached hydrogen (secondary N) is 2. The Morgan fingerprint density at radius 1 is 1.14 bits per heavy atom. The Labute approximate surface area is 122 Å². The lowest BCUT2D eigenvalue weighted by Gasteiger charge is -2.03.